The molecule has 9 heteroatoms. The lowest BCUT2D eigenvalue weighted by atomic mass is 10.1. The number of benzene rings is 1. The molecule has 0 spiro atoms. The number of ether oxygens (including phenoxy) is 1. The Kier molecular flexibility index (Phi) is 12.2. The molecule has 1 aromatic carbocycles. The molecule has 1 unspecified atom stereocenters. The summed E-state index contributed by atoms with van der Waals surface area (Å²) in [5.41, 5.74) is 1.47. The quantitative estimate of drug-likeness (QED) is 0.599. The molecule has 3 rings (SSSR count). The Morgan fingerprint density at radius 1 is 1.00 bits per heavy atom. The van der Waals surface area contributed by atoms with Gasteiger partial charge in [0.15, 0.2) is 0 Å². The number of hydrogen-bond acceptors (Lipinski definition) is 5. The summed E-state index contributed by atoms with van der Waals surface area (Å²) >= 11 is 0. The second kappa shape index (κ2) is 13.8. The summed E-state index contributed by atoms with van der Waals surface area (Å²) in [4.78, 5) is 26.6. The van der Waals surface area contributed by atoms with Crippen LogP contribution in [0.4, 0.5) is 11.4 Å². The van der Waals surface area contributed by atoms with Gasteiger partial charge in [-0.05, 0) is 50.2 Å². The lowest BCUT2D eigenvalue weighted by Crippen LogP contribution is -2.43. The van der Waals surface area contributed by atoms with Crippen molar-refractivity contribution in [3.05, 3.63) is 24.3 Å². The third-order valence-corrected chi connectivity index (χ3v) is 4.99. The van der Waals surface area contributed by atoms with Gasteiger partial charge in [0.2, 0.25) is 11.8 Å². The van der Waals surface area contributed by atoms with Gasteiger partial charge in [-0.15, -0.1) is 24.8 Å². The van der Waals surface area contributed by atoms with Gasteiger partial charge in [0.1, 0.15) is 0 Å². The van der Waals surface area contributed by atoms with E-state index in [9.17, 15) is 9.59 Å². The molecule has 2 fully saturated rings. The molecule has 3 N–H and O–H groups in total. The zero-order chi connectivity index (χ0) is 18.9. The molecule has 1 aromatic rings. The first-order valence-corrected chi connectivity index (χ1v) is 9.92. The standard InChI is InChI=1S/C20H30N4O3.2ClH/c25-19(8-12-24-10-2-1-3-11-24)22-16-4-6-17(7-5-16)23-20(26)14-18-15-27-13-9-21-18;;/h4-7,18,21H,1-3,8-15H2,(H,22,25)(H,23,26);2*1H. The van der Waals surface area contributed by atoms with Crippen molar-refractivity contribution >= 4 is 48.0 Å². The molecule has 2 aliphatic heterocycles. The lowest BCUT2D eigenvalue weighted by Gasteiger charge is -2.25. The van der Waals surface area contributed by atoms with Gasteiger partial charge >= 0.3 is 0 Å². The maximum Gasteiger partial charge on any atom is 0.226 e. The normalized spacial score (nSPS) is 19.4. The van der Waals surface area contributed by atoms with Gasteiger partial charge in [-0.1, -0.05) is 6.42 Å². The molecule has 0 aromatic heterocycles. The maximum absolute atomic E-state index is 12.1. The summed E-state index contributed by atoms with van der Waals surface area (Å²) < 4.78 is 5.36. The number of halogens is 2. The third-order valence-electron chi connectivity index (χ3n) is 4.99. The van der Waals surface area contributed by atoms with Crippen LogP contribution in [0.25, 0.3) is 0 Å². The monoisotopic (exact) mass is 446 g/mol. The van der Waals surface area contributed by atoms with Crippen LogP contribution < -0.4 is 16.0 Å². The van der Waals surface area contributed by atoms with Crippen LogP contribution >= 0.6 is 24.8 Å². The second-order valence-electron chi connectivity index (χ2n) is 7.26. The minimum atomic E-state index is -0.0451. The Labute approximate surface area is 185 Å². The van der Waals surface area contributed by atoms with E-state index >= 15 is 0 Å². The summed E-state index contributed by atoms with van der Waals surface area (Å²) in [7, 11) is 0. The average Bonchev–Trinajstić information content (AvgIpc) is 2.69. The fourth-order valence-electron chi connectivity index (χ4n) is 3.49. The first kappa shape index (κ1) is 25.7. The first-order valence-electron chi connectivity index (χ1n) is 9.92. The van der Waals surface area contributed by atoms with Crippen LogP contribution in [0.2, 0.25) is 0 Å². The minimum Gasteiger partial charge on any atom is -0.378 e. The number of nitrogens with one attached hydrogen (secondary N) is 3. The molecular weight excluding hydrogens is 415 g/mol. The zero-order valence-electron chi connectivity index (χ0n) is 16.7. The smallest absolute Gasteiger partial charge is 0.226 e. The van der Waals surface area contributed by atoms with Gasteiger partial charge < -0.3 is 25.6 Å². The van der Waals surface area contributed by atoms with Crippen LogP contribution in [0.5, 0.6) is 0 Å². The van der Waals surface area contributed by atoms with Crippen LogP contribution in [-0.2, 0) is 14.3 Å². The van der Waals surface area contributed by atoms with Gasteiger partial charge in [0.05, 0.1) is 13.2 Å². The Bertz CT molecular complexity index is 619. The van der Waals surface area contributed by atoms with E-state index in [0.29, 0.717) is 26.1 Å². The molecule has 164 valence electrons. The number of carbonyl (C=O) groups excluding carboxylic acids is 2. The maximum atomic E-state index is 12.1. The number of anilines is 2. The molecule has 1 atom stereocenters. The molecule has 0 aliphatic carbocycles. The van der Waals surface area contributed by atoms with Crippen LogP contribution in [0.3, 0.4) is 0 Å². The van der Waals surface area contributed by atoms with E-state index in [1.807, 2.05) is 24.3 Å². The Hall–Kier alpha value is -1.38. The van der Waals surface area contributed by atoms with E-state index < -0.39 is 0 Å². The van der Waals surface area contributed by atoms with Crippen molar-refractivity contribution in [1.29, 1.82) is 0 Å². The molecule has 7 nitrogen and oxygen atoms in total. The van der Waals surface area contributed by atoms with Gasteiger partial charge in [-0.25, -0.2) is 0 Å². The van der Waals surface area contributed by atoms with E-state index in [4.69, 9.17) is 4.74 Å². The summed E-state index contributed by atoms with van der Waals surface area (Å²) in [5, 5.41) is 9.07. The number of rotatable bonds is 7. The highest BCUT2D eigenvalue weighted by Gasteiger charge is 2.17. The summed E-state index contributed by atoms with van der Waals surface area (Å²) in [6, 6.07) is 7.32. The largest absolute Gasteiger partial charge is 0.378 e. The Morgan fingerprint density at radius 3 is 2.21 bits per heavy atom. The van der Waals surface area contributed by atoms with Crippen molar-refractivity contribution in [1.82, 2.24) is 10.2 Å². The van der Waals surface area contributed by atoms with E-state index in [1.165, 1.54) is 19.3 Å². The van der Waals surface area contributed by atoms with Gasteiger partial charge in [-0.3, -0.25) is 9.59 Å². The van der Waals surface area contributed by atoms with Crippen molar-refractivity contribution in [2.24, 2.45) is 0 Å². The molecule has 0 radical (unpaired) electrons. The highest BCUT2D eigenvalue weighted by molar-refractivity contribution is 5.93. The highest BCUT2D eigenvalue weighted by Crippen LogP contribution is 2.15. The van der Waals surface area contributed by atoms with Crippen molar-refractivity contribution in [3.63, 3.8) is 0 Å². The molecule has 0 bridgehead atoms. The Balaban J connectivity index is 0.00000210. The molecule has 0 saturated carbocycles. The predicted molar refractivity (Wildman–Crippen MR) is 120 cm³/mol. The number of likely N-dealkylation sites (tertiary alicyclic amines) is 1. The second-order valence-corrected chi connectivity index (χ2v) is 7.26. The van der Waals surface area contributed by atoms with Gasteiger partial charge in [0, 0.05) is 43.3 Å². The Morgan fingerprint density at radius 2 is 1.62 bits per heavy atom. The van der Waals surface area contributed by atoms with Crippen LogP contribution in [-0.4, -0.2) is 62.1 Å². The van der Waals surface area contributed by atoms with E-state index in [1.54, 1.807) is 0 Å². The first-order chi connectivity index (χ1) is 13.2. The lowest BCUT2D eigenvalue weighted by molar-refractivity contribution is -0.117. The molecule has 2 aliphatic rings. The van der Waals surface area contributed by atoms with Crippen molar-refractivity contribution in [2.45, 2.75) is 38.1 Å². The fourth-order valence-corrected chi connectivity index (χ4v) is 3.49. The summed E-state index contributed by atoms with van der Waals surface area (Å²) in [5.74, 6) is -0.0166. The van der Waals surface area contributed by atoms with Crippen LogP contribution in [0, 0.1) is 0 Å². The van der Waals surface area contributed by atoms with Crippen molar-refractivity contribution < 1.29 is 14.3 Å². The van der Waals surface area contributed by atoms with Crippen molar-refractivity contribution in [3.8, 4) is 0 Å². The fraction of sp³-hybridized carbons (Fsp3) is 0.600. The SMILES string of the molecule is Cl.Cl.O=C(CCN1CCCCC1)Nc1ccc(NC(=O)CC2COCCN2)cc1. The van der Waals surface area contributed by atoms with Gasteiger partial charge in [0.25, 0.3) is 0 Å². The number of amides is 2. The molecular formula is C20H32Cl2N4O3. The zero-order valence-corrected chi connectivity index (χ0v) is 18.3. The number of piperidine rings is 1. The highest BCUT2D eigenvalue weighted by atomic mass is 35.5. The summed E-state index contributed by atoms with van der Waals surface area (Å²) in [6.07, 6.45) is 4.66. The molecule has 2 amide bonds. The third kappa shape index (κ3) is 9.31. The molecule has 29 heavy (non-hydrogen) atoms. The average molecular weight is 447 g/mol. The van der Waals surface area contributed by atoms with E-state index in [-0.39, 0.29) is 42.7 Å². The van der Waals surface area contributed by atoms with Gasteiger partial charge in [-0.2, -0.15) is 0 Å². The van der Waals surface area contributed by atoms with Crippen LogP contribution in [0.15, 0.2) is 24.3 Å². The molecule has 2 saturated heterocycles. The van der Waals surface area contributed by atoms with E-state index in [0.717, 1.165) is 37.6 Å². The number of carbonyl (C=O) groups is 2. The predicted octanol–water partition coefficient (Wildman–Crippen LogP) is 2.66. The number of hydrogen-bond donors (Lipinski definition) is 3. The van der Waals surface area contributed by atoms with E-state index in [2.05, 4.69) is 20.9 Å². The molecule has 2 heterocycles. The minimum absolute atomic E-state index is 0. The van der Waals surface area contributed by atoms with Crippen LogP contribution in [0.1, 0.15) is 32.1 Å². The van der Waals surface area contributed by atoms with Crippen molar-refractivity contribution in [2.75, 3.05) is 50.0 Å². The number of morpholine rings is 1. The number of nitrogens with zero attached hydrogens (tertiary/aromatic N) is 1. The topological polar surface area (TPSA) is 82.7 Å². The summed E-state index contributed by atoms with van der Waals surface area (Å²) in [6.45, 7) is 5.07.